The van der Waals surface area contributed by atoms with Gasteiger partial charge in [-0.25, -0.2) is 14.6 Å². The van der Waals surface area contributed by atoms with Crippen LogP contribution < -0.4 is 20.0 Å². The number of amidine groups is 1. The van der Waals surface area contributed by atoms with Crippen molar-refractivity contribution < 1.29 is 4.57 Å². The SMILES string of the molecule is C[n+]1cccc(C2=NN(c3ccccc3)CN(c3ccccc3)[N]2)c1. The fraction of sp³-hybridized carbons (Fsp3) is 0.100. The van der Waals surface area contributed by atoms with Gasteiger partial charge in [-0.1, -0.05) is 36.4 Å². The maximum Gasteiger partial charge on any atom is 0.205 e. The standard InChI is InChI=1S/C20H19N5/c1-23-14-8-9-17(15-23)20-21-24(18-10-4-2-5-11-18)16-25(22-20)19-12-6-3-7-13-19/h2-15H,16H2,1H3/q+1. The molecule has 0 unspecified atom stereocenters. The zero-order valence-corrected chi connectivity index (χ0v) is 14.0. The number of pyridine rings is 1. The summed E-state index contributed by atoms with van der Waals surface area (Å²) in [6, 6.07) is 24.3. The minimum absolute atomic E-state index is 0.566. The van der Waals surface area contributed by atoms with E-state index >= 15 is 0 Å². The summed E-state index contributed by atoms with van der Waals surface area (Å²) in [5.74, 6) is 0.690. The summed E-state index contributed by atoms with van der Waals surface area (Å²) in [7, 11) is 2.00. The fourth-order valence-electron chi connectivity index (χ4n) is 2.75. The topological polar surface area (TPSA) is 36.8 Å². The lowest BCUT2D eigenvalue weighted by Crippen LogP contribution is -2.49. The molecule has 1 aliphatic rings. The molecule has 0 atom stereocenters. The summed E-state index contributed by atoms with van der Waals surface area (Å²) < 4.78 is 2.00. The Balaban J connectivity index is 1.74. The zero-order valence-electron chi connectivity index (χ0n) is 14.0. The second kappa shape index (κ2) is 6.65. The van der Waals surface area contributed by atoms with E-state index in [4.69, 9.17) is 10.5 Å². The van der Waals surface area contributed by atoms with Gasteiger partial charge in [0, 0.05) is 6.07 Å². The van der Waals surface area contributed by atoms with Crippen LogP contribution in [-0.4, -0.2) is 12.5 Å². The summed E-state index contributed by atoms with van der Waals surface area (Å²) in [5, 5.41) is 8.72. The van der Waals surface area contributed by atoms with Crippen molar-refractivity contribution >= 4 is 17.2 Å². The predicted molar refractivity (Wildman–Crippen MR) is 99.0 cm³/mol. The first-order chi connectivity index (χ1) is 12.3. The van der Waals surface area contributed by atoms with Crippen molar-refractivity contribution in [2.75, 3.05) is 16.7 Å². The second-order valence-corrected chi connectivity index (χ2v) is 5.89. The molecule has 0 aliphatic carbocycles. The van der Waals surface area contributed by atoms with Crippen LogP contribution in [-0.2, 0) is 7.05 Å². The van der Waals surface area contributed by atoms with E-state index in [-0.39, 0.29) is 0 Å². The highest BCUT2D eigenvalue weighted by atomic mass is 15.7. The number of para-hydroxylation sites is 2. The fourth-order valence-corrected chi connectivity index (χ4v) is 2.75. The molecule has 5 nitrogen and oxygen atoms in total. The first-order valence-corrected chi connectivity index (χ1v) is 8.21. The molecule has 0 saturated carbocycles. The number of hydrogen-bond donors (Lipinski definition) is 0. The molecular formula is C20H19N5+. The first kappa shape index (κ1) is 15.2. The predicted octanol–water partition coefficient (Wildman–Crippen LogP) is 2.68. The van der Waals surface area contributed by atoms with Gasteiger partial charge in [0.15, 0.2) is 12.4 Å². The van der Waals surface area contributed by atoms with Crippen molar-refractivity contribution in [1.82, 2.24) is 5.43 Å². The van der Waals surface area contributed by atoms with Gasteiger partial charge < -0.3 is 0 Å². The molecule has 0 bridgehead atoms. The molecule has 1 aromatic heterocycles. The Hall–Kier alpha value is -3.34. The lowest BCUT2D eigenvalue weighted by Gasteiger charge is -2.33. The highest BCUT2D eigenvalue weighted by Crippen LogP contribution is 2.22. The summed E-state index contributed by atoms with van der Waals surface area (Å²) >= 11 is 0. The van der Waals surface area contributed by atoms with Crippen LogP contribution in [0.3, 0.4) is 0 Å². The van der Waals surface area contributed by atoms with Gasteiger partial charge in [0.05, 0.1) is 16.9 Å². The van der Waals surface area contributed by atoms with Gasteiger partial charge in [0.1, 0.15) is 13.7 Å². The van der Waals surface area contributed by atoms with Crippen LogP contribution in [0.25, 0.3) is 0 Å². The third-order valence-corrected chi connectivity index (χ3v) is 4.01. The van der Waals surface area contributed by atoms with Gasteiger partial charge in [0.2, 0.25) is 5.84 Å². The quantitative estimate of drug-likeness (QED) is 0.693. The minimum atomic E-state index is 0.566. The largest absolute Gasteiger partial charge is 0.242 e. The van der Waals surface area contributed by atoms with E-state index in [0.29, 0.717) is 12.5 Å². The summed E-state index contributed by atoms with van der Waals surface area (Å²) in [6.07, 6.45) is 4.02. The van der Waals surface area contributed by atoms with Crippen LogP contribution in [0, 0.1) is 0 Å². The number of rotatable bonds is 3. The van der Waals surface area contributed by atoms with Crippen LogP contribution >= 0.6 is 0 Å². The van der Waals surface area contributed by atoms with Crippen LogP contribution in [0.4, 0.5) is 11.4 Å². The maximum absolute atomic E-state index is 4.77. The van der Waals surface area contributed by atoms with E-state index in [9.17, 15) is 0 Å². The molecule has 1 radical (unpaired) electrons. The summed E-state index contributed by atoms with van der Waals surface area (Å²) in [5.41, 5.74) is 7.82. The number of aryl methyl sites for hydroxylation is 1. The molecule has 0 spiro atoms. The van der Waals surface area contributed by atoms with Gasteiger partial charge in [-0.15, -0.1) is 10.5 Å². The van der Waals surface area contributed by atoms with Crippen LogP contribution in [0.5, 0.6) is 0 Å². The number of hydrogen-bond acceptors (Lipinski definition) is 3. The molecule has 4 rings (SSSR count). The first-order valence-electron chi connectivity index (χ1n) is 8.21. The molecule has 2 heterocycles. The van der Waals surface area contributed by atoms with Crippen molar-refractivity contribution in [2.45, 2.75) is 0 Å². The van der Waals surface area contributed by atoms with Crippen molar-refractivity contribution in [2.24, 2.45) is 12.1 Å². The maximum atomic E-state index is 4.77. The van der Waals surface area contributed by atoms with E-state index in [1.807, 2.05) is 82.6 Å². The molecular weight excluding hydrogens is 310 g/mol. The smallest absolute Gasteiger partial charge is 0.205 e. The summed E-state index contributed by atoms with van der Waals surface area (Å²) in [6.45, 7) is 0.566. The lowest BCUT2D eigenvalue weighted by molar-refractivity contribution is -0.671. The van der Waals surface area contributed by atoms with Crippen molar-refractivity contribution in [3.05, 3.63) is 90.8 Å². The lowest BCUT2D eigenvalue weighted by atomic mass is 10.2. The van der Waals surface area contributed by atoms with Crippen molar-refractivity contribution in [1.29, 1.82) is 0 Å². The summed E-state index contributed by atoms with van der Waals surface area (Å²) in [4.78, 5) is 0. The molecule has 2 aromatic carbocycles. The second-order valence-electron chi connectivity index (χ2n) is 5.89. The molecule has 3 aromatic rings. The van der Waals surface area contributed by atoms with Gasteiger partial charge >= 0.3 is 0 Å². The normalized spacial score (nSPS) is 14.0. The van der Waals surface area contributed by atoms with Gasteiger partial charge in [-0.3, -0.25) is 0 Å². The molecule has 25 heavy (non-hydrogen) atoms. The molecule has 0 amide bonds. The van der Waals surface area contributed by atoms with E-state index < -0.39 is 0 Å². The van der Waals surface area contributed by atoms with Gasteiger partial charge in [-0.05, 0) is 30.3 Å². The number of anilines is 2. The Bertz CT molecular complexity index is 877. The molecule has 0 saturated heterocycles. The average Bonchev–Trinajstić information content (AvgIpc) is 2.69. The Labute approximate surface area is 147 Å². The van der Waals surface area contributed by atoms with Crippen LogP contribution in [0.1, 0.15) is 5.56 Å². The van der Waals surface area contributed by atoms with Gasteiger partial charge in [0.25, 0.3) is 0 Å². The molecule has 5 heteroatoms. The Morgan fingerprint density at radius 3 is 2.08 bits per heavy atom. The van der Waals surface area contributed by atoms with Gasteiger partial charge in [-0.2, -0.15) is 0 Å². The molecule has 1 aliphatic heterocycles. The van der Waals surface area contributed by atoms with E-state index in [1.54, 1.807) is 0 Å². The van der Waals surface area contributed by atoms with Crippen molar-refractivity contribution in [3.8, 4) is 0 Å². The number of aromatic nitrogens is 1. The monoisotopic (exact) mass is 329 g/mol. The van der Waals surface area contributed by atoms with Crippen molar-refractivity contribution in [3.63, 3.8) is 0 Å². The Kier molecular flexibility index (Phi) is 4.04. The van der Waals surface area contributed by atoms with E-state index in [0.717, 1.165) is 16.9 Å². The average molecular weight is 329 g/mol. The number of benzene rings is 2. The minimum Gasteiger partial charge on any atom is -0.242 e. The Morgan fingerprint density at radius 1 is 0.800 bits per heavy atom. The number of hydrazone groups is 1. The van der Waals surface area contributed by atoms with E-state index in [2.05, 4.69) is 24.3 Å². The number of nitrogens with zero attached hydrogens (tertiary/aromatic N) is 5. The highest BCUT2D eigenvalue weighted by Gasteiger charge is 2.24. The highest BCUT2D eigenvalue weighted by molar-refractivity contribution is 6.00. The Morgan fingerprint density at radius 2 is 1.44 bits per heavy atom. The third-order valence-electron chi connectivity index (χ3n) is 4.01. The van der Waals surface area contributed by atoms with E-state index in [1.165, 1.54) is 0 Å². The van der Waals surface area contributed by atoms with Crippen LogP contribution in [0.15, 0.2) is 90.3 Å². The third kappa shape index (κ3) is 3.30. The molecule has 0 N–H and O–H groups in total. The molecule has 0 fully saturated rings. The molecule has 123 valence electrons. The zero-order chi connectivity index (χ0) is 17.1. The van der Waals surface area contributed by atoms with Crippen LogP contribution in [0.2, 0.25) is 0 Å².